The summed E-state index contributed by atoms with van der Waals surface area (Å²) in [6, 6.07) is 6.43. The second-order valence-electron chi connectivity index (χ2n) is 7.19. The van der Waals surface area contributed by atoms with Crippen LogP contribution in [0.5, 0.6) is 5.75 Å². The van der Waals surface area contributed by atoms with Crippen molar-refractivity contribution >= 4 is 5.97 Å². The van der Waals surface area contributed by atoms with Crippen molar-refractivity contribution in [1.82, 2.24) is 0 Å². The van der Waals surface area contributed by atoms with Crippen LogP contribution in [0.1, 0.15) is 57.1 Å². The molecule has 1 aromatic rings. The first-order valence-electron chi connectivity index (χ1n) is 8.77. The summed E-state index contributed by atoms with van der Waals surface area (Å²) in [5.41, 5.74) is 2.67. The van der Waals surface area contributed by atoms with Gasteiger partial charge in [-0.05, 0) is 67.2 Å². The maximum absolute atomic E-state index is 11.6. The second kappa shape index (κ2) is 7.85. The van der Waals surface area contributed by atoms with Gasteiger partial charge in [0.25, 0.3) is 0 Å². The number of hydrogen-bond donors (Lipinski definition) is 0. The Morgan fingerprint density at radius 2 is 2.09 bits per heavy atom. The fraction of sp³-hybridized carbons (Fsp3) is 0.650. The third-order valence-electron chi connectivity index (χ3n) is 4.77. The minimum atomic E-state index is -0.0426. The van der Waals surface area contributed by atoms with Gasteiger partial charge in [-0.25, -0.2) is 0 Å². The van der Waals surface area contributed by atoms with Crippen LogP contribution in [0.15, 0.2) is 18.2 Å². The number of rotatable bonds is 8. The number of carbonyl (C=O) groups excluding carboxylic acids is 1. The molecular weight excluding hydrogens is 288 g/mol. The van der Waals surface area contributed by atoms with Gasteiger partial charge in [0.2, 0.25) is 0 Å². The van der Waals surface area contributed by atoms with Gasteiger partial charge in [-0.2, -0.15) is 0 Å². The van der Waals surface area contributed by atoms with Gasteiger partial charge < -0.3 is 9.47 Å². The van der Waals surface area contributed by atoms with E-state index >= 15 is 0 Å². The van der Waals surface area contributed by atoms with Gasteiger partial charge in [0.05, 0.1) is 19.6 Å². The van der Waals surface area contributed by atoms with Gasteiger partial charge in [-0.1, -0.05) is 26.8 Å². The zero-order chi connectivity index (χ0) is 17.0. The highest BCUT2D eigenvalue weighted by molar-refractivity contribution is 5.75. The highest BCUT2D eigenvalue weighted by Gasteiger charge is 2.44. The lowest BCUT2D eigenvalue weighted by Gasteiger charge is -2.19. The topological polar surface area (TPSA) is 35.5 Å². The van der Waals surface area contributed by atoms with Crippen LogP contribution in [0.3, 0.4) is 0 Å². The number of methoxy groups -OCH3 is 1. The summed E-state index contributed by atoms with van der Waals surface area (Å²) in [6.45, 7) is 9.44. The predicted molar refractivity (Wildman–Crippen MR) is 92.8 cm³/mol. The largest absolute Gasteiger partial charge is 0.493 e. The van der Waals surface area contributed by atoms with Crippen LogP contribution in [0, 0.1) is 24.7 Å². The molecule has 0 N–H and O–H groups in total. The van der Waals surface area contributed by atoms with Crippen molar-refractivity contribution in [1.29, 1.82) is 0 Å². The molecule has 0 heterocycles. The first kappa shape index (κ1) is 17.8. The van der Waals surface area contributed by atoms with Gasteiger partial charge in [-0.15, -0.1) is 0 Å². The van der Waals surface area contributed by atoms with Gasteiger partial charge in [0.15, 0.2) is 0 Å². The Hall–Kier alpha value is -1.51. The molecule has 3 atom stereocenters. The fourth-order valence-electron chi connectivity index (χ4n) is 3.29. The van der Waals surface area contributed by atoms with E-state index in [0.717, 1.165) is 31.6 Å². The van der Waals surface area contributed by atoms with E-state index in [4.69, 9.17) is 9.47 Å². The minimum Gasteiger partial charge on any atom is -0.493 e. The molecule has 3 nitrogen and oxygen atoms in total. The van der Waals surface area contributed by atoms with Crippen molar-refractivity contribution in [2.24, 2.45) is 17.8 Å². The molecule has 3 heteroatoms. The maximum Gasteiger partial charge on any atom is 0.308 e. The van der Waals surface area contributed by atoms with E-state index in [0.29, 0.717) is 17.8 Å². The lowest BCUT2D eigenvalue weighted by atomic mass is 9.88. The van der Waals surface area contributed by atoms with Crippen molar-refractivity contribution < 1.29 is 14.3 Å². The molecule has 0 amide bonds. The predicted octanol–water partition coefficient (Wildman–Crippen LogP) is 4.72. The summed E-state index contributed by atoms with van der Waals surface area (Å²) < 4.78 is 10.7. The quantitative estimate of drug-likeness (QED) is 0.650. The van der Waals surface area contributed by atoms with E-state index in [9.17, 15) is 4.79 Å². The first-order chi connectivity index (χ1) is 11.0. The van der Waals surface area contributed by atoms with Crippen LogP contribution in [0.25, 0.3) is 0 Å². The molecule has 0 spiro atoms. The molecule has 1 aliphatic rings. The molecule has 3 unspecified atom stereocenters. The molecule has 0 aromatic heterocycles. The van der Waals surface area contributed by atoms with Crippen molar-refractivity contribution in [3.05, 3.63) is 29.3 Å². The van der Waals surface area contributed by atoms with Crippen molar-refractivity contribution in [3.8, 4) is 5.75 Å². The van der Waals surface area contributed by atoms with Crippen LogP contribution >= 0.6 is 0 Å². The number of hydrogen-bond acceptors (Lipinski definition) is 3. The van der Waals surface area contributed by atoms with Crippen LogP contribution < -0.4 is 4.74 Å². The summed E-state index contributed by atoms with van der Waals surface area (Å²) in [5.74, 6) is 2.57. The molecule has 0 radical (unpaired) electrons. The molecule has 1 saturated carbocycles. The van der Waals surface area contributed by atoms with Crippen molar-refractivity contribution in [2.45, 2.75) is 52.9 Å². The summed E-state index contributed by atoms with van der Waals surface area (Å²) >= 11 is 0. The molecule has 0 bridgehead atoms. The Labute approximate surface area is 140 Å². The van der Waals surface area contributed by atoms with Crippen molar-refractivity contribution in [2.75, 3.05) is 13.7 Å². The molecule has 128 valence electrons. The van der Waals surface area contributed by atoms with E-state index < -0.39 is 0 Å². The maximum atomic E-state index is 11.6. The van der Waals surface area contributed by atoms with Gasteiger partial charge in [0.1, 0.15) is 5.75 Å². The van der Waals surface area contributed by atoms with Gasteiger partial charge in [-0.3, -0.25) is 4.79 Å². The molecule has 1 fully saturated rings. The van der Waals surface area contributed by atoms with Crippen LogP contribution in [-0.2, 0) is 9.53 Å². The number of aryl methyl sites for hydroxylation is 1. The molecule has 1 aromatic carbocycles. The highest BCUT2D eigenvalue weighted by Crippen LogP contribution is 2.47. The summed E-state index contributed by atoms with van der Waals surface area (Å²) in [6.07, 6.45) is 3.15. The standard InChI is InChI=1S/C20H30O3/c1-6-15(10-16-11-19(16)20(21)22-5)18-8-7-17(9-14(18)4)23-12-13(2)3/h7-9,13,15-16,19H,6,10-12H2,1-5H3. The Morgan fingerprint density at radius 1 is 1.35 bits per heavy atom. The summed E-state index contributed by atoms with van der Waals surface area (Å²) in [4.78, 5) is 11.6. The minimum absolute atomic E-state index is 0.0426. The average Bonchev–Trinajstić information content (AvgIpc) is 3.29. The Bertz CT molecular complexity index is 536. The van der Waals surface area contributed by atoms with Crippen LogP contribution in [-0.4, -0.2) is 19.7 Å². The van der Waals surface area contributed by atoms with Gasteiger partial charge >= 0.3 is 5.97 Å². The number of carbonyl (C=O) groups is 1. The van der Waals surface area contributed by atoms with E-state index in [1.807, 2.05) is 0 Å². The van der Waals surface area contributed by atoms with Crippen molar-refractivity contribution in [3.63, 3.8) is 0 Å². The van der Waals surface area contributed by atoms with Gasteiger partial charge in [0, 0.05) is 0 Å². The molecule has 1 aliphatic carbocycles. The van der Waals surface area contributed by atoms with E-state index in [-0.39, 0.29) is 11.9 Å². The lowest BCUT2D eigenvalue weighted by Crippen LogP contribution is -2.08. The first-order valence-corrected chi connectivity index (χ1v) is 8.77. The molecule has 23 heavy (non-hydrogen) atoms. The average molecular weight is 318 g/mol. The molecule has 0 aliphatic heterocycles. The highest BCUT2D eigenvalue weighted by atomic mass is 16.5. The second-order valence-corrected chi connectivity index (χ2v) is 7.19. The van der Waals surface area contributed by atoms with E-state index in [1.54, 1.807) is 0 Å². The number of ether oxygens (including phenoxy) is 2. The fourth-order valence-corrected chi connectivity index (χ4v) is 3.29. The molecular formula is C20H30O3. The molecule has 0 saturated heterocycles. The lowest BCUT2D eigenvalue weighted by molar-refractivity contribution is -0.142. The summed E-state index contributed by atoms with van der Waals surface area (Å²) in [7, 11) is 1.48. The van der Waals surface area contributed by atoms with Crippen LogP contribution in [0.4, 0.5) is 0 Å². The zero-order valence-corrected chi connectivity index (χ0v) is 15.1. The Kier molecular flexibility index (Phi) is 6.09. The third-order valence-corrected chi connectivity index (χ3v) is 4.77. The summed E-state index contributed by atoms with van der Waals surface area (Å²) in [5, 5.41) is 0. The van der Waals surface area contributed by atoms with E-state index in [2.05, 4.69) is 45.9 Å². The number of esters is 1. The zero-order valence-electron chi connectivity index (χ0n) is 15.1. The monoisotopic (exact) mass is 318 g/mol. The van der Waals surface area contributed by atoms with E-state index in [1.165, 1.54) is 18.2 Å². The number of benzene rings is 1. The molecule has 2 rings (SSSR count). The Balaban J connectivity index is 1.99. The SMILES string of the molecule is CCC(CC1CC1C(=O)OC)c1ccc(OCC(C)C)cc1C. The Morgan fingerprint density at radius 3 is 2.65 bits per heavy atom. The normalized spacial score (nSPS) is 21.1. The smallest absolute Gasteiger partial charge is 0.308 e. The third kappa shape index (κ3) is 4.73. The van der Waals surface area contributed by atoms with Crippen LogP contribution in [0.2, 0.25) is 0 Å².